The Morgan fingerprint density at radius 2 is 2.25 bits per heavy atom. The molecular formula is C13H15N3O4. The quantitative estimate of drug-likeness (QED) is 0.767. The lowest BCUT2D eigenvalue weighted by atomic mass is 9.94. The van der Waals surface area contributed by atoms with Crippen molar-refractivity contribution in [3.05, 3.63) is 30.2 Å². The lowest BCUT2D eigenvalue weighted by molar-refractivity contribution is -0.146. The summed E-state index contributed by atoms with van der Waals surface area (Å²) in [6.07, 6.45) is 1.52. The Labute approximate surface area is 115 Å². The monoisotopic (exact) mass is 277 g/mol. The molecule has 2 aromatic heterocycles. The number of furan rings is 1. The minimum absolute atomic E-state index is 0.0180. The van der Waals surface area contributed by atoms with Crippen molar-refractivity contribution in [1.29, 1.82) is 0 Å². The summed E-state index contributed by atoms with van der Waals surface area (Å²) >= 11 is 0. The van der Waals surface area contributed by atoms with Gasteiger partial charge in [-0.3, -0.25) is 14.7 Å². The number of carbonyl (C=O) groups is 2. The topological polar surface area (TPSA) is 108 Å². The van der Waals surface area contributed by atoms with Crippen LogP contribution in [0.15, 0.2) is 28.9 Å². The molecule has 2 rings (SSSR count). The second-order valence-electron chi connectivity index (χ2n) is 5.02. The van der Waals surface area contributed by atoms with Crippen LogP contribution < -0.4 is 5.32 Å². The van der Waals surface area contributed by atoms with Gasteiger partial charge in [-0.25, -0.2) is 0 Å². The highest BCUT2D eigenvalue weighted by molar-refractivity contribution is 5.93. The zero-order chi connectivity index (χ0) is 14.8. The Bertz CT molecular complexity index is 613. The van der Waals surface area contributed by atoms with Gasteiger partial charge in [0, 0.05) is 12.6 Å². The molecule has 0 radical (unpaired) electrons. The summed E-state index contributed by atoms with van der Waals surface area (Å²) in [5.74, 6) is -0.841. The van der Waals surface area contributed by atoms with Crippen LogP contribution >= 0.6 is 0 Å². The van der Waals surface area contributed by atoms with E-state index >= 15 is 0 Å². The smallest absolute Gasteiger partial charge is 0.310 e. The molecule has 0 spiro atoms. The third-order valence-electron chi connectivity index (χ3n) is 2.87. The van der Waals surface area contributed by atoms with Gasteiger partial charge in [0.25, 0.3) is 5.91 Å². The van der Waals surface area contributed by atoms with E-state index in [0.29, 0.717) is 11.5 Å². The number of aromatic amines is 1. The Morgan fingerprint density at radius 3 is 2.85 bits per heavy atom. The molecule has 0 aliphatic rings. The summed E-state index contributed by atoms with van der Waals surface area (Å²) in [5.41, 5.74) is -0.272. The largest absolute Gasteiger partial charge is 0.481 e. The molecule has 3 N–H and O–H groups in total. The van der Waals surface area contributed by atoms with Crippen LogP contribution in [0.4, 0.5) is 0 Å². The van der Waals surface area contributed by atoms with Crippen molar-refractivity contribution in [2.45, 2.75) is 13.8 Å². The van der Waals surface area contributed by atoms with E-state index in [9.17, 15) is 9.59 Å². The Hall–Kier alpha value is -2.57. The van der Waals surface area contributed by atoms with Crippen LogP contribution in [0.3, 0.4) is 0 Å². The predicted octanol–water partition coefficient (Wildman–Crippen LogP) is 1.51. The lowest BCUT2D eigenvalue weighted by Gasteiger charge is -2.18. The number of amides is 1. The van der Waals surface area contributed by atoms with Gasteiger partial charge in [-0.15, -0.1) is 0 Å². The Kier molecular flexibility index (Phi) is 3.60. The fraction of sp³-hybridized carbons (Fsp3) is 0.308. The average molecular weight is 277 g/mol. The number of hydrogen-bond donors (Lipinski definition) is 3. The maximum Gasteiger partial charge on any atom is 0.310 e. The van der Waals surface area contributed by atoms with Gasteiger partial charge in [0.05, 0.1) is 11.7 Å². The van der Waals surface area contributed by atoms with E-state index < -0.39 is 17.3 Å². The first-order valence-corrected chi connectivity index (χ1v) is 6.01. The van der Waals surface area contributed by atoms with Crippen LogP contribution in [0.5, 0.6) is 0 Å². The molecule has 0 saturated carbocycles. The molecule has 0 fully saturated rings. The molecule has 0 unspecified atom stereocenters. The van der Waals surface area contributed by atoms with Gasteiger partial charge in [-0.05, 0) is 26.0 Å². The van der Waals surface area contributed by atoms with Gasteiger partial charge in [-0.1, -0.05) is 0 Å². The molecule has 0 aliphatic carbocycles. The van der Waals surface area contributed by atoms with Gasteiger partial charge in [0.1, 0.15) is 5.69 Å². The van der Waals surface area contributed by atoms with Crippen molar-refractivity contribution in [3.63, 3.8) is 0 Å². The highest BCUT2D eigenvalue weighted by Gasteiger charge is 2.28. The summed E-state index contributed by atoms with van der Waals surface area (Å²) < 4.78 is 5.18. The second kappa shape index (κ2) is 5.20. The molecule has 1 amide bonds. The highest BCUT2D eigenvalue weighted by Crippen LogP contribution is 2.18. The molecule has 0 aromatic carbocycles. The minimum atomic E-state index is -1.03. The normalized spacial score (nSPS) is 11.3. The van der Waals surface area contributed by atoms with Gasteiger partial charge in [0.2, 0.25) is 0 Å². The average Bonchev–Trinajstić information content (AvgIpc) is 3.05. The molecule has 106 valence electrons. The first-order valence-electron chi connectivity index (χ1n) is 6.01. The molecule has 2 aromatic rings. The first kappa shape index (κ1) is 13.9. The van der Waals surface area contributed by atoms with Crippen LogP contribution in [0.1, 0.15) is 24.3 Å². The highest BCUT2D eigenvalue weighted by atomic mass is 16.4. The number of rotatable bonds is 5. The van der Waals surface area contributed by atoms with E-state index in [1.54, 1.807) is 18.2 Å². The fourth-order valence-corrected chi connectivity index (χ4v) is 1.46. The van der Waals surface area contributed by atoms with Crippen LogP contribution in [0.25, 0.3) is 11.5 Å². The number of H-pyrrole nitrogens is 1. The second-order valence-corrected chi connectivity index (χ2v) is 5.02. The molecule has 0 bridgehead atoms. The molecule has 7 heteroatoms. The first-order chi connectivity index (χ1) is 9.40. The minimum Gasteiger partial charge on any atom is -0.481 e. The van der Waals surface area contributed by atoms with Crippen molar-refractivity contribution in [2.24, 2.45) is 5.41 Å². The zero-order valence-electron chi connectivity index (χ0n) is 11.1. The lowest BCUT2D eigenvalue weighted by Crippen LogP contribution is -2.39. The number of aromatic nitrogens is 2. The van der Waals surface area contributed by atoms with Crippen molar-refractivity contribution < 1.29 is 19.1 Å². The van der Waals surface area contributed by atoms with Gasteiger partial charge < -0.3 is 14.8 Å². The number of nitrogens with one attached hydrogen (secondary N) is 2. The number of nitrogens with zero attached hydrogens (tertiary/aromatic N) is 1. The number of hydrogen-bond acceptors (Lipinski definition) is 4. The van der Waals surface area contributed by atoms with Crippen LogP contribution in [-0.4, -0.2) is 33.7 Å². The summed E-state index contributed by atoms with van der Waals surface area (Å²) in [6.45, 7) is 3.09. The maximum atomic E-state index is 11.9. The number of carboxylic acid groups (broad SMARTS) is 1. The number of carboxylic acids is 1. The van der Waals surface area contributed by atoms with Gasteiger partial charge in [-0.2, -0.15) is 5.10 Å². The third-order valence-corrected chi connectivity index (χ3v) is 2.87. The van der Waals surface area contributed by atoms with E-state index in [0.717, 1.165) is 0 Å². The summed E-state index contributed by atoms with van der Waals surface area (Å²) in [7, 11) is 0. The van der Waals surface area contributed by atoms with Crippen LogP contribution in [0, 0.1) is 5.41 Å². The van der Waals surface area contributed by atoms with E-state index in [2.05, 4.69) is 15.5 Å². The van der Waals surface area contributed by atoms with Gasteiger partial charge in [0.15, 0.2) is 11.5 Å². The Morgan fingerprint density at radius 1 is 1.50 bits per heavy atom. The van der Waals surface area contributed by atoms with Crippen molar-refractivity contribution in [2.75, 3.05) is 6.54 Å². The summed E-state index contributed by atoms with van der Waals surface area (Å²) in [4.78, 5) is 22.8. The summed E-state index contributed by atoms with van der Waals surface area (Å²) in [5, 5.41) is 18.1. The predicted molar refractivity (Wildman–Crippen MR) is 70.0 cm³/mol. The van der Waals surface area contributed by atoms with Crippen molar-refractivity contribution in [1.82, 2.24) is 15.5 Å². The fourth-order valence-electron chi connectivity index (χ4n) is 1.46. The van der Waals surface area contributed by atoms with E-state index in [-0.39, 0.29) is 12.2 Å². The molecular weight excluding hydrogens is 262 g/mol. The number of carbonyl (C=O) groups excluding carboxylic acids is 1. The Balaban J connectivity index is 2.02. The van der Waals surface area contributed by atoms with E-state index in [1.807, 2.05) is 0 Å². The van der Waals surface area contributed by atoms with E-state index in [1.165, 1.54) is 20.1 Å². The SMILES string of the molecule is CC(C)(CNC(=O)c1cc(-c2ccco2)[nH]n1)C(=O)O. The van der Waals surface area contributed by atoms with Crippen molar-refractivity contribution >= 4 is 11.9 Å². The zero-order valence-corrected chi connectivity index (χ0v) is 11.1. The van der Waals surface area contributed by atoms with Crippen LogP contribution in [0.2, 0.25) is 0 Å². The molecule has 20 heavy (non-hydrogen) atoms. The van der Waals surface area contributed by atoms with Crippen LogP contribution in [-0.2, 0) is 4.79 Å². The summed E-state index contributed by atoms with van der Waals surface area (Å²) in [6, 6.07) is 5.01. The van der Waals surface area contributed by atoms with Gasteiger partial charge >= 0.3 is 5.97 Å². The van der Waals surface area contributed by atoms with Crippen molar-refractivity contribution in [3.8, 4) is 11.5 Å². The third kappa shape index (κ3) is 2.87. The maximum absolute atomic E-state index is 11.9. The molecule has 2 heterocycles. The van der Waals surface area contributed by atoms with E-state index in [4.69, 9.17) is 9.52 Å². The number of aliphatic carboxylic acids is 1. The standard InChI is InChI=1S/C13H15N3O4/c1-13(2,12(18)19)7-14-11(17)9-6-8(15-16-9)10-4-3-5-20-10/h3-6H,7H2,1-2H3,(H,14,17)(H,15,16)(H,18,19). The molecule has 0 aliphatic heterocycles. The molecule has 0 saturated heterocycles. The molecule has 7 nitrogen and oxygen atoms in total. The molecule has 0 atom stereocenters.